The van der Waals surface area contributed by atoms with Gasteiger partial charge in [-0.2, -0.15) is 5.11 Å². The van der Waals surface area contributed by atoms with E-state index in [0.29, 0.717) is 43.7 Å². The molecule has 2 aromatic rings. The molecule has 2 rings (SSSR count). The van der Waals surface area contributed by atoms with Crippen LogP contribution < -0.4 is 24.3 Å². The van der Waals surface area contributed by atoms with Gasteiger partial charge in [0, 0.05) is 0 Å². The van der Waals surface area contributed by atoms with E-state index in [1.165, 1.54) is 6.92 Å². The third-order valence-corrected chi connectivity index (χ3v) is 5.12. The van der Waals surface area contributed by atoms with Crippen LogP contribution in [0.5, 0.6) is 23.0 Å². The van der Waals surface area contributed by atoms with Crippen molar-refractivity contribution in [2.75, 3.05) is 31.7 Å². The molecule has 1 unspecified atom stereocenters. The lowest BCUT2D eigenvalue weighted by Gasteiger charge is -2.18. The highest BCUT2D eigenvalue weighted by Crippen LogP contribution is 2.43. The van der Waals surface area contributed by atoms with Crippen molar-refractivity contribution in [3.8, 4) is 23.0 Å². The first kappa shape index (κ1) is 28.2. The minimum Gasteiger partial charge on any atom is -0.492 e. The number of Topliss-reactive ketones (excluding diaryl/α,β-unsaturated/α-hetero) is 1. The zero-order chi connectivity index (χ0) is 26.0. The predicted octanol–water partition coefficient (Wildman–Crippen LogP) is 6.27. The number of hydrogen-bond donors (Lipinski definition) is 1. The van der Waals surface area contributed by atoms with Crippen LogP contribution in [0, 0.1) is 0 Å². The lowest BCUT2D eigenvalue weighted by Crippen LogP contribution is -2.32. The van der Waals surface area contributed by atoms with Gasteiger partial charge in [-0.3, -0.25) is 9.59 Å². The highest BCUT2D eigenvalue weighted by Gasteiger charge is 2.27. The Bertz CT molecular complexity index is 1080. The van der Waals surface area contributed by atoms with Gasteiger partial charge in [-0.15, -0.1) is 5.11 Å². The smallest absolute Gasteiger partial charge is 0.259 e. The topological polar surface area (TPSA) is 108 Å². The minimum absolute atomic E-state index is 0.145. The zero-order valence-corrected chi connectivity index (χ0v) is 21.8. The molecule has 1 atom stereocenters. The SMILES string of the molecule is CCOc1ccc(OCC)c(N=NC(C(C)=O)C(=O)Nc2c(OCC)ccc(Cl)c2OCC)c1Cl. The summed E-state index contributed by atoms with van der Waals surface area (Å²) >= 11 is 12.7. The molecule has 0 aliphatic carbocycles. The van der Waals surface area contributed by atoms with E-state index in [1.807, 2.05) is 6.92 Å². The second-order valence-electron chi connectivity index (χ2n) is 6.92. The van der Waals surface area contributed by atoms with Crippen molar-refractivity contribution in [2.45, 2.75) is 40.7 Å². The molecular weight excluding hydrogens is 497 g/mol. The van der Waals surface area contributed by atoms with Crippen molar-refractivity contribution in [2.24, 2.45) is 10.2 Å². The number of azo groups is 1. The minimum atomic E-state index is -1.49. The van der Waals surface area contributed by atoms with E-state index in [1.54, 1.807) is 45.0 Å². The maximum Gasteiger partial charge on any atom is 0.259 e. The van der Waals surface area contributed by atoms with Gasteiger partial charge in [-0.05, 0) is 58.9 Å². The van der Waals surface area contributed by atoms with E-state index >= 15 is 0 Å². The molecule has 190 valence electrons. The summed E-state index contributed by atoms with van der Waals surface area (Å²) in [5.41, 5.74) is 0.338. The van der Waals surface area contributed by atoms with Gasteiger partial charge in [-0.1, -0.05) is 23.2 Å². The first-order chi connectivity index (χ1) is 16.8. The third-order valence-electron chi connectivity index (χ3n) is 4.46. The number of benzene rings is 2. The highest BCUT2D eigenvalue weighted by atomic mass is 35.5. The predicted molar refractivity (Wildman–Crippen MR) is 135 cm³/mol. The lowest BCUT2D eigenvalue weighted by molar-refractivity contribution is -0.126. The second-order valence-corrected chi connectivity index (χ2v) is 7.71. The van der Waals surface area contributed by atoms with Crippen LogP contribution in [-0.2, 0) is 9.59 Å². The van der Waals surface area contributed by atoms with E-state index in [9.17, 15) is 9.59 Å². The van der Waals surface area contributed by atoms with Gasteiger partial charge >= 0.3 is 0 Å². The van der Waals surface area contributed by atoms with E-state index in [4.69, 9.17) is 42.1 Å². The molecule has 0 spiro atoms. The van der Waals surface area contributed by atoms with Crippen LogP contribution >= 0.6 is 23.2 Å². The van der Waals surface area contributed by atoms with Gasteiger partial charge in [0.05, 0.1) is 31.5 Å². The summed E-state index contributed by atoms with van der Waals surface area (Å²) in [6.45, 7) is 9.77. The Hall–Kier alpha value is -3.04. The molecule has 0 bridgehead atoms. The standard InChI is InChI=1S/C24H29Cl2N3O6/c1-6-32-16-12-13-17(33-7-2)21(19(16)26)29-28-20(14(5)30)24(31)27-22-18(34-8-3)11-10-15(25)23(22)35-9-4/h10-13,20H,6-9H2,1-5H3,(H,27,31). The number of ether oxygens (including phenoxy) is 4. The molecule has 0 saturated carbocycles. The molecule has 0 radical (unpaired) electrons. The monoisotopic (exact) mass is 525 g/mol. The normalized spacial score (nSPS) is 11.7. The molecule has 0 aromatic heterocycles. The number of carbonyl (C=O) groups is 2. The Kier molecular flexibility index (Phi) is 11.1. The van der Waals surface area contributed by atoms with E-state index < -0.39 is 17.7 Å². The average molecular weight is 526 g/mol. The summed E-state index contributed by atoms with van der Waals surface area (Å²) in [5, 5.41) is 11.2. The Morgan fingerprint density at radius 3 is 2.00 bits per heavy atom. The molecule has 0 aliphatic heterocycles. The Morgan fingerprint density at radius 1 is 0.857 bits per heavy atom. The average Bonchev–Trinajstić information content (AvgIpc) is 2.81. The third kappa shape index (κ3) is 7.22. The first-order valence-corrected chi connectivity index (χ1v) is 11.9. The van der Waals surface area contributed by atoms with Gasteiger partial charge in [-0.25, -0.2) is 0 Å². The number of halogens is 2. The Balaban J connectivity index is 2.46. The van der Waals surface area contributed by atoms with Crippen LogP contribution in [0.1, 0.15) is 34.6 Å². The molecular formula is C24H29Cl2N3O6. The highest BCUT2D eigenvalue weighted by molar-refractivity contribution is 6.35. The van der Waals surface area contributed by atoms with Crippen molar-refractivity contribution in [3.63, 3.8) is 0 Å². The van der Waals surface area contributed by atoms with E-state index in [2.05, 4.69) is 15.5 Å². The molecule has 1 amide bonds. The number of hydrogen-bond acceptors (Lipinski definition) is 8. The van der Waals surface area contributed by atoms with Gasteiger partial charge < -0.3 is 24.3 Å². The number of anilines is 1. The first-order valence-electron chi connectivity index (χ1n) is 11.2. The Morgan fingerprint density at radius 2 is 1.40 bits per heavy atom. The van der Waals surface area contributed by atoms with Crippen LogP contribution in [0.4, 0.5) is 11.4 Å². The van der Waals surface area contributed by atoms with Gasteiger partial charge in [0.15, 0.2) is 11.5 Å². The van der Waals surface area contributed by atoms with E-state index in [-0.39, 0.29) is 27.2 Å². The van der Waals surface area contributed by atoms with Crippen molar-refractivity contribution in [1.82, 2.24) is 0 Å². The molecule has 1 N–H and O–H groups in total. The summed E-state index contributed by atoms with van der Waals surface area (Å²) in [6, 6.07) is 4.99. The number of carbonyl (C=O) groups excluding carboxylic acids is 2. The number of amides is 1. The van der Waals surface area contributed by atoms with Gasteiger partial charge in [0.1, 0.15) is 33.6 Å². The fraction of sp³-hybridized carbons (Fsp3) is 0.417. The number of rotatable bonds is 13. The summed E-state index contributed by atoms with van der Waals surface area (Å²) in [4.78, 5) is 25.5. The molecule has 0 fully saturated rings. The molecule has 0 saturated heterocycles. The van der Waals surface area contributed by atoms with Crippen LogP contribution in [-0.4, -0.2) is 44.2 Å². The molecule has 9 nitrogen and oxygen atoms in total. The molecule has 11 heteroatoms. The second kappa shape index (κ2) is 13.7. The lowest BCUT2D eigenvalue weighted by atomic mass is 10.2. The van der Waals surface area contributed by atoms with Gasteiger partial charge in [0.25, 0.3) is 5.91 Å². The van der Waals surface area contributed by atoms with Crippen molar-refractivity contribution in [1.29, 1.82) is 0 Å². The fourth-order valence-electron chi connectivity index (χ4n) is 3.00. The largest absolute Gasteiger partial charge is 0.492 e. The van der Waals surface area contributed by atoms with Crippen molar-refractivity contribution in [3.05, 3.63) is 34.3 Å². The van der Waals surface area contributed by atoms with Crippen molar-refractivity contribution < 1.29 is 28.5 Å². The molecule has 0 aliphatic rings. The van der Waals surface area contributed by atoms with Crippen molar-refractivity contribution >= 4 is 46.3 Å². The molecule has 35 heavy (non-hydrogen) atoms. The maximum absolute atomic E-state index is 13.1. The van der Waals surface area contributed by atoms with Crippen LogP contribution in [0.3, 0.4) is 0 Å². The van der Waals surface area contributed by atoms with Crippen LogP contribution in [0.15, 0.2) is 34.5 Å². The number of ketones is 1. The number of nitrogens with one attached hydrogen (secondary N) is 1. The summed E-state index contributed by atoms with van der Waals surface area (Å²) in [6.07, 6.45) is 0. The molecule has 0 heterocycles. The van der Waals surface area contributed by atoms with Crippen LogP contribution in [0.25, 0.3) is 0 Å². The summed E-state index contributed by atoms with van der Waals surface area (Å²) in [5.74, 6) is -0.0332. The maximum atomic E-state index is 13.1. The quantitative estimate of drug-likeness (QED) is 0.244. The van der Waals surface area contributed by atoms with Gasteiger partial charge in [0.2, 0.25) is 6.04 Å². The number of nitrogens with zero attached hydrogens (tertiary/aromatic N) is 2. The summed E-state index contributed by atoms with van der Waals surface area (Å²) in [7, 11) is 0. The fourth-order valence-corrected chi connectivity index (χ4v) is 3.47. The Labute approximate surface area is 214 Å². The van der Waals surface area contributed by atoms with E-state index in [0.717, 1.165) is 0 Å². The summed E-state index contributed by atoms with van der Waals surface area (Å²) < 4.78 is 22.3. The zero-order valence-electron chi connectivity index (χ0n) is 20.3. The van der Waals surface area contributed by atoms with Crippen LogP contribution in [0.2, 0.25) is 10.0 Å². The molecule has 2 aromatic carbocycles.